The summed E-state index contributed by atoms with van der Waals surface area (Å²) < 4.78 is 1.94. The Kier molecular flexibility index (Phi) is 4.55. The van der Waals surface area contributed by atoms with Crippen LogP contribution in [0.25, 0.3) is 11.4 Å². The summed E-state index contributed by atoms with van der Waals surface area (Å²) in [4.78, 5) is 0. The molecule has 0 saturated carbocycles. The van der Waals surface area contributed by atoms with Crippen LogP contribution in [0.1, 0.15) is 33.1 Å². The monoisotopic (exact) mass is 258 g/mol. The zero-order valence-electron chi connectivity index (χ0n) is 11.9. The second-order valence-electron chi connectivity index (χ2n) is 5.00. The molecule has 4 heteroatoms. The van der Waals surface area contributed by atoms with Gasteiger partial charge in [0.05, 0.1) is 0 Å². The van der Waals surface area contributed by atoms with E-state index >= 15 is 0 Å². The topological polar surface area (TPSA) is 42.7 Å². The minimum absolute atomic E-state index is 0.467. The lowest BCUT2D eigenvalue weighted by Gasteiger charge is -2.17. The molecule has 1 heterocycles. The fourth-order valence-corrected chi connectivity index (χ4v) is 2.18. The molecule has 102 valence electrons. The Morgan fingerprint density at radius 2 is 2.11 bits per heavy atom. The number of aromatic nitrogens is 3. The van der Waals surface area contributed by atoms with E-state index in [1.165, 1.54) is 19.3 Å². The SMILES string of the molecule is CCCCC(C)Nc1ccccc1-c1nncn1C. The Labute approximate surface area is 114 Å². The average molecular weight is 258 g/mol. The summed E-state index contributed by atoms with van der Waals surface area (Å²) in [7, 11) is 1.96. The zero-order chi connectivity index (χ0) is 13.7. The number of hydrogen-bond acceptors (Lipinski definition) is 3. The van der Waals surface area contributed by atoms with Crippen molar-refractivity contribution in [2.24, 2.45) is 7.05 Å². The molecule has 0 aliphatic heterocycles. The van der Waals surface area contributed by atoms with Gasteiger partial charge in [0.1, 0.15) is 6.33 Å². The van der Waals surface area contributed by atoms with Crippen LogP contribution in [-0.2, 0) is 7.05 Å². The van der Waals surface area contributed by atoms with E-state index < -0.39 is 0 Å². The van der Waals surface area contributed by atoms with Crippen molar-refractivity contribution < 1.29 is 0 Å². The Bertz CT molecular complexity index is 518. The van der Waals surface area contributed by atoms with Crippen LogP contribution >= 0.6 is 0 Å². The lowest BCUT2D eigenvalue weighted by molar-refractivity contribution is 0.645. The van der Waals surface area contributed by atoms with Gasteiger partial charge in [0, 0.05) is 24.3 Å². The van der Waals surface area contributed by atoms with Crippen LogP contribution in [0.15, 0.2) is 30.6 Å². The van der Waals surface area contributed by atoms with E-state index in [0.717, 1.165) is 17.1 Å². The van der Waals surface area contributed by atoms with E-state index in [1.54, 1.807) is 6.33 Å². The number of hydrogen-bond donors (Lipinski definition) is 1. The Morgan fingerprint density at radius 3 is 2.79 bits per heavy atom. The van der Waals surface area contributed by atoms with Crippen LogP contribution in [0.2, 0.25) is 0 Å². The van der Waals surface area contributed by atoms with Crippen molar-refractivity contribution in [3.63, 3.8) is 0 Å². The van der Waals surface area contributed by atoms with Crippen molar-refractivity contribution in [2.75, 3.05) is 5.32 Å². The summed E-state index contributed by atoms with van der Waals surface area (Å²) >= 11 is 0. The number of aryl methyl sites for hydroxylation is 1. The van der Waals surface area contributed by atoms with Crippen molar-refractivity contribution in [2.45, 2.75) is 39.2 Å². The van der Waals surface area contributed by atoms with Gasteiger partial charge in [-0.1, -0.05) is 31.9 Å². The third kappa shape index (κ3) is 3.34. The molecular weight excluding hydrogens is 236 g/mol. The smallest absolute Gasteiger partial charge is 0.165 e. The summed E-state index contributed by atoms with van der Waals surface area (Å²) in [5.41, 5.74) is 2.23. The standard InChI is InChI=1S/C15H22N4/c1-4-5-8-12(2)17-14-10-7-6-9-13(14)15-18-16-11-19(15)3/h6-7,9-12,17H,4-5,8H2,1-3H3. The highest BCUT2D eigenvalue weighted by Crippen LogP contribution is 2.26. The van der Waals surface area contributed by atoms with Crippen molar-refractivity contribution >= 4 is 5.69 Å². The highest BCUT2D eigenvalue weighted by molar-refractivity contribution is 5.73. The normalized spacial score (nSPS) is 12.4. The zero-order valence-corrected chi connectivity index (χ0v) is 11.9. The van der Waals surface area contributed by atoms with E-state index in [-0.39, 0.29) is 0 Å². The number of benzene rings is 1. The molecule has 0 aliphatic carbocycles. The van der Waals surface area contributed by atoms with Gasteiger partial charge in [-0.25, -0.2) is 0 Å². The molecule has 1 atom stereocenters. The van der Waals surface area contributed by atoms with Crippen LogP contribution in [0.5, 0.6) is 0 Å². The van der Waals surface area contributed by atoms with Gasteiger partial charge in [0.2, 0.25) is 0 Å². The molecule has 2 aromatic rings. The van der Waals surface area contributed by atoms with Crippen LogP contribution < -0.4 is 5.32 Å². The van der Waals surface area contributed by atoms with Gasteiger partial charge in [-0.3, -0.25) is 0 Å². The lowest BCUT2D eigenvalue weighted by Crippen LogP contribution is -2.15. The molecule has 0 amide bonds. The molecule has 1 unspecified atom stereocenters. The second-order valence-corrected chi connectivity index (χ2v) is 5.00. The molecule has 0 aliphatic rings. The molecule has 0 spiro atoms. The summed E-state index contributed by atoms with van der Waals surface area (Å²) in [5.74, 6) is 0.894. The van der Waals surface area contributed by atoms with Crippen molar-refractivity contribution in [1.29, 1.82) is 0 Å². The van der Waals surface area contributed by atoms with Gasteiger partial charge in [-0.15, -0.1) is 10.2 Å². The molecule has 1 aromatic heterocycles. The van der Waals surface area contributed by atoms with E-state index in [0.29, 0.717) is 6.04 Å². The molecule has 1 aromatic carbocycles. The fourth-order valence-electron chi connectivity index (χ4n) is 2.18. The first-order valence-corrected chi connectivity index (χ1v) is 6.92. The highest BCUT2D eigenvalue weighted by atomic mass is 15.2. The molecule has 1 N–H and O–H groups in total. The number of anilines is 1. The molecule has 0 bridgehead atoms. The quantitative estimate of drug-likeness (QED) is 0.862. The third-order valence-corrected chi connectivity index (χ3v) is 3.27. The predicted octanol–water partition coefficient (Wildman–Crippen LogP) is 3.47. The second kappa shape index (κ2) is 6.36. The molecule has 19 heavy (non-hydrogen) atoms. The summed E-state index contributed by atoms with van der Waals surface area (Å²) in [6.45, 7) is 4.45. The first-order valence-electron chi connectivity index (χ1n) is 6.92. The predicted molar refractivity (Wildman–Crippen MR) is 79.0 cm³/mol. The van der Waals surface area contributed by atoms with Crippen LogP contribution in [0.4, 0.5) is 5.69 Å². The molecule has 0 saturated heterocycles. The average Bonchev–Trinajstić information content (AvgIpc) is 2.83. The van der Waals surface area contributed by atoms with Gasteiger partial charge in [-0.05, 0) is 25.5 Å². The first kappa shape index (κ1) is 13.6. The maximum Gasteiger partial charge on any atom is 0.165 e. The van der Waals surface area contributed by atoms with E-state index in [2.05, 4.69) is 47.6 Å². The lowest BCUT2D eigenvalue weighted by atomic mass is 10.1. The van der Waals surface area contributed by atoms with Gasteiger partial charge in [0.15, 0.2) is 5.82 Å². The van der Waals surface area contributed by atoms with Crippen LogP contribution in [-0.4, -0.2) is 20.8 Å². The highest BCUT2D eigenvalue weighted by Gasteiger charge is 2.11. The Balaban J connectivity index is 2.20. The molecule has 2 rings (SSSR count). The summed E-state index contributed by atoms with van der Waals surface area (Å²) in [5, 5.41) is 11.7. The van der Waals surface area contributed by atoms with Crippen LogP contribution in [0, 0.1) is 0 Å². The van der Waals surface area contributed by atoms with Gasteiger partial charge in [0.25, 0.3) is 0 Å². The van der Waals surface area contributed by atoms with Crippen molar-refractivity contribution in [1.82, 2.24) is 14.8 Å². The fraction of sp³-hybridized carbons (Fsp3) is 0.467. The van der Waals surface area contributed by atoms with E-state index in [1.807, 2.05) is 17.7 Å². The number of nitrogens with one attached hydrogen (secondary N) is 1. The summed E-state index contributed by atoms with van der Waals surface area (Å²) in [6.07, 6.45) is 5.40. The first-order chi connectivity index (χ1) is 9.22. The number of para-hydroxylation sites is 1. The molecule has 0 fully saturated rings. The maximum absolute atomic E-state index is 4.19. The number of unbranched alkanes of at least 4 members (excludes halogenated alkanes) is 1. The molecule has 0 radical (unpaired) electrons. The number of rotatable bonds is 6. The van der Waals surface area contributed by atoms with Gasteiger partial charge in [-0.2, -0.15) is 0 Å². The van der Waals surface area contributed by atoms with Crippen LogP contribution in [0.3, 0.4) is 0 Å². The minimum Gasteiger partial charge on any atom is -0.382 e. The van der Waals surface area contributed by atoms with Crippen molar-refractivity contribution in [3.05, 3.63) is 30.6 Å². The largest absolute Gasteiger partial charge is 0.382 e. The Hall–Kier alpha value is -1.84. The van der Waals surface area contributed by atoms with E-state index in [9.17, 15) is 0 Å². The minimum atomic E-state index is 0.467. The maximum atomic E-state index is 4.19. The van der Waals surface area contributed by atoms with Crippen molar-refractivity contribution in [3.8, 4) is 11.4 Å². The Morgan fingerprint density at radius 1 is 1.32 bits per heavy atom. The van der Waals surface area contributed by atoms with E-state index in [4.69, 9.17) is 0 Å². The number of nitrogens with zero attached hydrogens (tertiary/aromatic N) is 3. The molecule has 4 nitrogen and oxygen atoms in total. The third-order valence-electron chi connectivity index (χ3n) is 3.27. The molecular formula is C15H22N4. The van der Waals surface area contributed by atoms with Gasteiger partial charge >= 0.3 is 0 Å². The summed E-state index contributed by atoms with van der Waals surface area (Å²) in [6, 6.07) is 8.74. The van der Waals surface area contributed by atoms with Gasteiger partial charge < -0.3 is 9.88 Å².